The van der Waals surface area contributed by atoms with Crippen molar-refractivity contribution in [2.45, 2.75) is 13.0 Å². The van der Waals surface area contributed by atoms with Gasteiger partial charge in [0.15, 0.2) is 6.61 Å². The Morgan fingerprint density at radius 2 is 1.89 bits per heavy atom. The number of esters is 1. The summed E-state index contributed by atoms with van der Waals surface area (Å²) in [5.41, 5.74) is 0.960. The Labute approximate surface area is 158 Å². The second-order valence-corrected chi connectivity index (χ2v) is 6.89. The zero-order valence-electron chi connectivity index (χ0n) is 14.4. The van der Waals surface area contributed by atoms with E-state index in [4.69, 9.17) is 4.74 Å². The first-order valence-electron chi connectivity index (χ1n) is 8.14. The number of carbonyl (C=O) groups is 2. The van der Waals surface area contributed by atoms with Crippen LogP contribution in [0.2, 0.25) is 0 Å². The maximum absolute atomic E-state index is 12.1. The fourth-order valence-corrected chi connectivity index (χ4v) is 3.44. The van der Waals surface area contributed by atoms with Gasteiger partial charge in [0.2, 0.25) is 0 Å². The topological polar surface area (TPSA) is 98.5 Å². The molecule has 3 aromatic rings. The molecule has 1 atom stereocenters. The summed E-state index contributed by atoms with van der Waals surface area (Å²) in [6.07, 6.45) is 0. The predicted molar refractivity (Wildman–Crippen MR) is 102 cm³/mol. The molecule has 0 fully saturated rings. The standard InChI is InChI=1S/C19H16N2O5S/c1-12(14-8-4-6-13-5-2-3-7-15(13)14)20-17(22)11-26-19(23)16-9-10-18(27-16)21(24)25/h2-10,12H,11H2,1H3,(H,20,22). The number of ether oxygens (including phenoxy) is 1. The maximum Gasteiger partial charge on any atom is 0.349 e. The lowest BCUT2D eigenvalue weighted by Gasteiger charge is -2.16. The average molecular weight is 384 g/mol. The Morgan fingerprint density at radius 1 is 1.15 bits per heavy atom. The van der Waals surface area contributed by atoms with Crippen LogP contribution in [-0.4, -0.2) is 23.4 Å². The highest BCUT2D eigenvalue weighted by Gasteiger charge is 2.18. The summed E-state index contributed by atoms with van der Waals surface area (Å²) in [5.74, 6) is -1.21. The van der Waals surface area contributed by atoms with Gasteiger partial charge in [0, 0.05) is 6.07 Å². The van der Waals surface area contributed by atoms with Crippen molar-refractivity contribution >= 4 is 39.0 Å². The van der Waals surface area contributed by atoms with E-state index in [-0.39, 0.29) is 15.9 Å². The Hall–Kier alpha value is -3.26. The number of amides is 1. The summed E-state index contributed by atoms with van der Waals surface area (Å²) in [6.45, 7) is 1.39. The molecule has 138 valence electrons. The van der Waals surface area contributed by atoms with Gasteiger partial charge in [-0.05, 0) is 29.3 Å². The van der Waals surface area contributed by atoms with E-state index in [1.54, 1.807) is 0 Å². The number of hydrogen-bond acceptors (Lipinski definition) is 6. The number of hydrogen-bond donors (Lipinski definition) is 1. The largest absolute Gasteiger partial charge is 0.451 e. The fourth-order valence-electron chi connectivity index (χ4n) is 2.73. The van der Waals surface area contributed by atoms with Gasteiger partial charge in [-0.3, -0.25) is 14.9 Å². The number of nitrogens with one attached hydrogen (secondary N) is 1. The molecule has 0 radical (unpaired) electrons. The molecule has 2 aromatic carbocycles. The van der Waals surface area contributed by atoms with E-state index in [2.05, 4.69) is 5.32 Å². The van der Waals surface area contributed by atoms with E-state index in [1.165, 1.54) is 12.1 Å². The van der Waals surface area contributed by atoms with E-state index in [9.17, 15) is 19.7 Å². The molecule has 27 heavy (non-hydrogen) atoms. The Kier molecular flexibility index (Phi) is 5.46. The summed E-state index contributed by atoms with van der Waals surface area (Å²) >= 11 is 0.708. The number of benzene rings is 2. The van der Waals surface area contributed by atoms with Crippen LogP contribution >= 0.6 is 11.3 Å². The van der Waals surface area contributed by atoms with Gasteiger partial charge in [0.05, 0.1) is 11.0 Å². The molecule has 1 N–H and O–H groups in total. The second kappa shape index (κ2) is 7.96. The molecule has 0 saturated carbocycles. The number of nitrogens with zero attached hydrogens (tertiary/aromatic N) is 1. The first-order chi connectivity index (χ1) is 13.0. The minimum atomic E-state index is -0.763. The minimum absolute atomic E-state index is 0.0802. The van der Waals surface area contributed by atoms with Crippen molar-refractivity contribution in [3.8, 4) is 0 Å². The summed E-state index contributed by atoms with van der Waals surface area (Å²) in [6, 6.07) is 16.0. The van der Waals surface area contributed by atoms with Crippen molar-refractivity contribution in [1.29, 1.82) is 0 Å². The van der Waals surface area contributed by atoms with Crippen LogP contribution in [-0.2, 0) is 9.53 Å². The van der Waals surface area contributed by atoms with Gasteiger partial charge >= 0.3 is 11.0 Å². The number of carbonyl (C=O) groups excluding carboxylic acids is 2. The van der Waals surface area contributed by atoms with Crippen LogP contribution in [0.3, 0.4) is 0 Å². The van der Waals surface area contributed by atoms with E-state index in [0.717, 1.165) is 16.3 Å². The van der Waals surface area contributed by atoms with Crippen LogP contribution in [0.5, 0.6) is 0 Å². The average Bonchev–Trinajstić information content (AvgIpc) is 3.16. The van der Waals surface area contributed by atoms with Gasteiger partial charge < -0.3 is 10.1 Å². The second-order valence-electron chi connectivity index (χ2n) is 5.83. The molecule has 7 nitrogen and oxygen atoms in total. The summed E-state index contributed by atoms with van der Waals surface area (Å²) in [7, 11) is 0. The first-order valence-corrected chi connectivity index (χ1v) is 8.95. The summed E-state index contributed by atoms with van der Waals surface area (Å²) in [5, 5.41) is 15.4. The third kappa shape index (κ3) is 4.29. The molecule has 0 aliphatic carbocycles. The Balaban J connectivity index is 1.60. The fraction of sp³-hybridized carbons (Fsp3) is 0.158. The molecule has 0 saturated heterocycles. The Bertz CT molecular complexity index is 1010. The molecule has 0 aliphatic heterocycles. The highest BCUT2D eigenvalue weighted by atomic mass is 32.1. The predicted octanol–water partition coefficient (Wildman–Crippen LogP) is 3.84. The molecular weight excluding hydrogens is 368 g/mol. The Morgan fingerprint density at radius 3 is 2.63 bits per heavy atom. The highest BCUT2D eigenvalue weighted by molar-refractivity contribution is 7.17. The third-order valence-electron chi connectivity index (χ3n) is 3.97. The van der Waals surface area contributed by atoms with Crippen molar-refractivity contribution in [1.82, 2.24) is 5.32 Å². The molecule has 1 heterocycles. The number of thiophene rings is 1. The summed E-state index contributed by atoms with van der Waals surface area (Å²) < 4.78 is 4.94. The van der Waals surface area contributed by atoms with Crippen molar-refractivity contribution in [3.63, 3.8) is 0 Å². The number of nitro groups is 1. The van der Waals surface area contributed by atoms with Gasteiger partial charge in [-0.1, -0.05) is 53.8 Å². The third-order valence-corrected chi connectivity index (χ3v) is 4.99. The summed E-state index contributed by atoms with van der Waals surface area (Å²) in [4.78, 5) is 34.2. The van der Waals surface area contributed by atoms with Crippen molar-refractivity contribution in [2.24, 2.45) is 0 Å². The van der Waals surface area contributed by atoms with E-state index < -0.39 is 23.4 Å². The SMILES string of the molecule is CC(NC(=O)COC(=O)c1ccc([N+](=O)[O-])s1)c1cccc2ccccc12. The number of rotatable bonds is 6. The van der Waals surface area contributed by atoms with Crippen LogP contribution in [0.4, 0.5) is 5.00 Å². The van der Waals surface area contributed by atoms with E-state index >= 15 is 0 Å². The van der Waals surface area contributed by atoms with Gasteiger partial charge in [-0.25, -0.2) is 4.79 Å². The van der Waals surface area contributed by atoms with Crippen LogP contribution in [0, 0.1) is 10.1 Å². The first kappa shape index (κ1) is 18.5. The quantitative estimate of drug-likeness (QED) is 0.395. The lowest BCUT2D eigenvalue weighted by Crippen LogP contribution is -2.31. The molecule has 8 heteroatoms. The maximum atomic E-state index is 12.1. The van der Waals surface area contributed by atoms with Crippen LogP contribution in [0.25, 0.3) is 10.8 Å². The zero-order valence-corrected chi connectivity index (χ0v) is 15.2. The van der Waals surface area contributed by atoms with Crippen LogP contribution < -0.4 is 5.32 Å². The molecule has 0 aliphatic rings. The molecule has 0 bridgehead atoms. The van der Waals surface area contributed by atoms with Crippen molar-refractivity contribution in [2.75, 3.05) is 6.61 Å². The molecule has 0 spiro atoms. The normalized spacial score (nSPS) is 11.7. The molecule has 1 amide bonds. The highest BCUT2D eigenvalue weighted by Crippen LogP contribution is 2.25. The molecule has 1 unspecified atom stereocenters. The van der Waals surface area contributed by atoms with Gasteiger partial charge in [0.25, 0.3) is 5.91 Å². The van der Waals surface area contributed by atoms with E-state index in [1.807, 2.05) is 49.4 Å². The lowest BCUT2D eigenvalue weighted by atomic mass is 10.00. The van der Waals surface area contributed by atoms with Crippen LogP contribution in [0.1, 0.15) is 28.2 Å². The van der Waals surface area contributed by atoms with Crippen molar-refractivity contribution < 1.29 is 19.2 Å². The van der Waals surface area contributed by atoms with Crippen LogP contribution in [0.15, 0.2) is 54.6 Å². The van der Waals surface area contributed by atoms with Gasteiger partial charge in [-0.2, -0.15) is 0 Å². The zero-order chi connectivity index (χ0) is 19.4. The smallest absolute Gasteiger partial charge is 0.349 e. The number of fused-ring (bicyclic) bond motifs is 1. The molecule has 3 rings (SSSR count). The molecular formula is C19H16N2O5S. The van der Waals surface area contributed by atoms with Gasteiger partial charge in [0.1, 0.15) is 4.88 Å². The van der Waals surface area contributed by atoms with Gasteiger partial charge in [-0.15, -0.1) is 0 Å². The van der Waals surface area contributed by atoms with E-state index in [0.29, 0.717) is 11.3 Å². The lowest BCUT2D eigenvalue weighted by molar-refractivity contribution is -0.380. The minimum Gasteiger partial charge on any atom is -0.451 e. The van der Waals surface area contributed by atoms with Crippen molar-refractivity contribution in [3.05, 3.63) is 75.2 Å². The molecule has 1 aromatic heterocycles. The monoisotopic (exact) mass is 384 g/mol.